The van der Waals surface area contributed by atoms with Crippen LogP contribution in [0.5, 0.6) is 11.5 Å². The van der Waals surface area contributed by atoms with E-state index >= 15 is 0 Å². The van der Waals surface area contributed by atoms with E-state index in [1.54, 1.807) is 6.20 Å². The van der Waals surface area contributed by atoms with Crippen LogP contribution in [-0.4, -0.2) is 16.4 Å². The Labute approximate surface area is 188 Å². The number of amides is 1. The lowest BCUT2D eigenvalue weighted by Crippen LogP contribution is -2.29. The number of carbonyl (C=O) groups excluding carboxylic acids is 1. The van der Waals surface area contributed by atoms with Crippen LogP contribution < -0.4 is 15.8 Å². The summed E-state index contributed by atoms with van der Waals surface area (Å²) < 4.78 is 5.98. The second-order valence-corrected chi connectivity index (χ2v) is 8.80. The number of benzene rings is 3. The number of nitrogens with zero attached hydrogens (tertiary/aromatic N) is 1. The summed E-state index contributed by atoms with van der Waals surface area (Å²) in [7, 11) is 0. The molecule has 4 rings (SSSR count). The first-order chi connectivity index (χ1) is 15.3. The molecule has 162 valence electrons. The average molecular weight is 426 g/mol. The van der Waals surface area contributed by atoms with Crippen molar-refractivity contribution in [2.24, 2.45) is 5.73 Å². The number of para-hydroxylation sites is 2. The van der Waals surface area contributed by atoms with Crippen LogP contribution >= 0.6 is 0 Å². The largest absolute Gasteiger partial charge is 0.457 e. The van der Waals surface area contributed by atoms with Gasteiger partial charge in [-0.15, -0.1) is 0 Å². The zero-order valence-electron chi connectivity index (χ0n) is 18.5. The van der Waals surface area contributed by atoms with Gasteiger partial charge in [0, 0.05) is 28.4 Å². The molecule has 0 spiro atoms. The van der Waals surface area contributed by atoms with E-state index in [4.69, 9.17) is 10.5 Å². The molecule has 0 aliphatic rings. The Morgan fingerprint density at radius 1 is 0.938 bits per heavy atom. The molecule has 0 saturated heterocycles. The lowest BCUT2D eigenvalue weighted by atomic mass is 9.88. The van der Waals surface area contributed by atoms with E-state index in [0.717, 1.165) is 33.5 Å². The second-order valence-electron chi connectivity index (χ2n) is 8.80. The topological polar surface area (TPSA) is 77.2 Å². The molecule has 5 nitrogen and oxygen atoms in total. The summed E-state index contributed by atoms with van der Waals surface area (Å²) in [5.41, 5.74) is 8.93. The van der Waals surface area contributed by atoms with Gasteiger partial charge in [-0.2, -0.15) is 0 Å². The van der Waals surface area contributed by atoms with E-state index in [0.29, 0.717) is 5.75 Å². The molecule has 3 N–H and O–H groups in total. The zero-order valence-corrected chi connectivity index (χ0v) is 18.5. The Bertz CT molecular complexity index is 1250. The summed E-state index contributed by atoms with van der Waals surface area (Å²) >= 11 is 0. The molecule has 1 atom stereocenters. The summed E-state index contributed by atoms with van der Waals surface area (Å²) in [6.07, 6.45) is 1.75. The summed E-state index contributed by atoms with van der Waals surface area (Å²) in [5, 5.41) is 4.52. The lowest BCUT2D eigenvalue weighted by Gasteiger charge is -2.27. The van der Waals surface area contributed by atoms with E-state index in [2.05, 4.69) is 31.1 Å². The van der Waals surface area contributed by atoms with Crippen molar-refractivity contribution in [3.8, 4) is 11.5 Å². The van der Waals surface area contributed by atoms with Crippen LogP contribution in [0.4, 0.5) is 5.69 Å². The molecule has 0 aliphatic heterocycles. The number of anilines is 1. The van der Waals surface area contributed by atoms with Crippen LogP contribution in [0.3, 0.4) is 0 Å². The van der Waals surface area contributed by atoms with Gasteiger partial charge >= 0.3 is 0 Å². The summed E-state index contributed by atoms with van der Waals surface area (Å²) in [6.45, 7) is 6.25. The molecule has 3 aromatic carbocycles. The van der Waals surface area contributed by atoms with E-state index < -0.39 is 11.8 Å². The number of aromatic nitrogens is 1. The molecule has 0 aliphatic carbocycles. The molecule has 1 aromatic heterocycles. The van der Waals surface area contributed by atoms with Gasteiger partial charge in [0.2, 0.25) is 5.91 Å². The minimum absolute atomic E-state index is 0.223. The van der Waals surface area contributed by atoms with Crippen molar-refractivity contribution in [1.82, 2.24) is 4.98 Å². The van der Waals surface area contributed by atoms with Crippen molar-refractivity contribution >= 4 is 22.5 Å². The molecule has 1 unspecified atom stereocenters. The first kappa shape index (κ1) is 21.4. The zero-order chi connectivity index (χ0) is 22.7. The molecule has 0 bridgehead atoms. The summed E-state index contributed by atoms with van der Waals surface area (Å²) in [6, 6.07) is 24.9. The van der Waals surface area contributed by atoms with Gasteiger partial charge in [0.25, 0.3) is 0 Å². The number of ether oxygens (including phenoxy) is 1. The normalized spacial score (nSPS) is 12.3. The molecular formula is C27H27N3O2. The highest BCUT2D eigenvalue weighted by molar-refractivity contribution is 5.97. The minimum atomic E-state index is -0.684. The fourth-order valence-electron chi connectivity index (χ4n) is 3.77. The Morgan fingerprint density at radius 3 is 2.34 bits per heavy atom. The van der Waals surface area contributed by atoms with E-state index in [1.807, 2.05) is 78.9 Å². The predicted molar refractivity (Wildman–Crippen MR) is 129 cm³/mol. The van der Waals surface area contributed by atoms with Gasteiger partial charge in [0.05, 0.1) is 11.4 Å². The second kappa shape index (κ2) is 8.71. The number of primary amides is 1. The van der Waals surface area contributed by atoms with Crippen LogP contribution in [0.1, 0.15) is 37.8 Å². The van der Waals surface area contributed by atoms with Crippen molar-refractivity contribution in [3.05, 3.63) is 96.2 Å². The maximum atomic E-state index is 12.7. The maximum absolute atomic E-state index is 12.7. The first-order valence-electron chi connectivity index (χ1n) is 10.6. The van der Waals surface area contributed by atoms with Crippen molar-refractivity contribution in [2.45, 2.75) is 32.2 Å². The Kier molecular flexibility index (Phi) is 5.82. The van der Waals surface area contributed by atoms with Crippen molar-refractivity contribution in [2.75, 3.05) is 5.32 Å². The number of rotatable bonds is 6. The Balaban J connectivity index is 1.82. The summed E-state index contributed by atoms with van der Waals surface area (Å²) in [4.78, 5) is 17.4. The smallest absolute Gasteiger partial charge is 0.229 e. The monoisotopic (exact) mass is 425 g/mol. The summed E-state index contributed by atoms with van der Waals surface area (Å²) in [5.74, 6) is 0.231. The van der Waals surface area contributed by atoms with Crippen LogP contribution in [-0.2, 0) is 4.79 Å². The fraction of sp³-hybridized carbons (Fsp3) is 0.185. The molecule has 5 heteroatoms. The number of nitrogens with two attached hydrogens (primary N) is 1. The van der Waals surface area contributed by atoms with E-state index in [-0.39, 0.29) is 5.54 Å². The van der Waals surface area contributed by atoms with Crippen molar-refractivity contribution in [1.29, 1.82) is 0 Å². The molecule has 4 aromatic rings. The molecule has 0 saturated carbocycles. The van der Waals surface area contributed by atoms with Gasteiger partial charge in [-0.3, -0.25) is 9.78 Å². The first-order valence-corrected chi connectivity index (χ1v) is 10.6. The predicted octanol–water partition coefficient (Wildman–Crippen LogP) is 5.85. The average Bonchev–Trinajstić information content (AvgIpc) is 2.75. The van der Waals surface area contributed by atoms with Gasteiger partial charge in [-0.05, 0) is 56.7 Å². The number of nitrogens with one attached hydrogen (secondary N) is 1. The SMILES string of the molecule is CC(C)(C)Nc1c(C(C(N)=O)c2cccc(Oc3ccccc3)c2)cnc2ccccc12. The number of hydrogen-bond donors (Lipinski definition) is 2. The minimum Gasteiger partial charge on any atom is -0.457 e. The van der Waals surface area contributed by atoms with Gasteiger partial charge in [-0.25, -0.2) is 0 Å². The highest BCUT2D eigenvalue weighted by atomic mass is 16.5. The quantitative estimate of drug-likeness (QED) is 0.406. The fourth-order valence-corrected chi connectivity index (χ4v) is 3.77. The van der Waals surface area contributed by atoms with Gasteiger partial charge < -0.3 is 15.8 Å². The van der Waals surface area contributed by atoms with Gasteiger partial charge in [0.1, 0.15) is 11.5 Å². The molecule has 32 heavy (non-hydrogen) atoms. The highest BCUT2D eigenvalue weighted by Gasteiger charge is 2.27. The lowest BCUT2D eigenvalue weighted by molar-refractivity contribution is -0.118. The Morgan fingerprint density at radius 2 is 1.62 bits per heavy atom. The molecular weight excluding hydrogens is 398 g/mol. The molecule has 0 radical (unpaired) electrons. The number of carbonyl (C=O) groups is 1. The maximum Gasteiger partial charge on any atom is 0.229 e. The van der Waals surface area contributed by atoms with E-state index in [1.165, 1.54) is 0 Å². The number of hydrogen-bond acceptors (Lipinski definition) is 4. The standard InChI is InChI=1S/C27H27N3O2/c1-27(2,3)30-25-21-14-7-8-15-23(21)29-17-22(25)24(26(28)31)18-10-9-13-20(16-18)32-19-11-5-4-6-12-19/h4-17,24H,1-3H3,(H2,28,31)(H,29,30). The van der Waals surface area contributed by atoms with Crippen LogP contribution in [0.15, 0.2) is 85.1 Å². The van der Waals surface area contributed by atoms with Crippen LogP contribution in [0.25, 0.3) is 10.9 Å². The highest BCUT2D eigenvalue weighted by Crippen LogP contribution is 2.37. The molecule has 1 heterocycles. The van der Waals surface area contributed by atoms with Crippen molar-refractivity contribution < 1.29 is 9.53 Å². The van der Waals surface area contributed by atoms with Crippen molar-refractivity contribution in [3.63, 3.8) is 0 Å². The molecule has 0 fully saturated rings. The molecule has 1 amide bonds. The number of pyridine rings is 1. The van der Waals surface area contributed by atoms with Gasteiger partial charge in [0.15, 0.2) is 0 Å². The van der Waals surface area contributed by atoms with Crippen LogP contribution in [0, 0.1) is 0 Å². The third-order valence-corrected chi connectivity index (χ3v) is 5.07. The van der Waals surface area contributed by atoms with E-state index in [9.17, 15) is 4.79 Å². The third kappa shape index (κ3) is 4.72. The van der Waals surface area contributed by atoms with Crippen LogP contribution in [0.2, 0.25) is 0 Å². The third-order valence-electron chi connectivity index (χ3n) is 5.07. The number of fused-ring (bicyclic) bond motifs is 1. The Hall–Kier alpha value is -3.86. The van der Waals surface area contributed by atoms with Gasteiger partial charge in [-0.1, -0.05) is 48.5 Å².